The molecule has 0 unspecified atom stereocenters. The fourth-order valence-electron chi connectivity index (χ4n) is 2.81. The van der Waals surface area contributed by atoms with Crippen LogP contribution in [0.15, 0.2) is 51.7 Å². The van der Waals surface area contributed by atoms with Crippen LogP contribution < -0.4 is 5.63 Å². The lowest BCUT2D eigenvalue weighted by Gasteiger charge is -2.13. The second kappa shape index (κ2) is 7.09. The smallest absolute Gasteiger partial charge is 0.336 e. The number of hydrogen-bond acceptors (Lipinski definition) is 5. The summed E-state index contributed by atoms with van der Waals surface area (Å²) in [7, 11) is 0. The van der Waals surface area contributed by atoms with Gasteiger partial charge >= 0.3 is 11.6 Å². The highest BCUT2D eigenvalue weighted by Crippen LogP contribution is 2.28. The molecule has 0 N–H and O–H groups in total. The first-order valence-corrected chi connectivity index (χ1v) is 9.06. The first kappa shape index (κ1) is 16.6. The van der Waals surface area contributed by atoms with Crippen molar-refractivity contribution in [1.82, 2.24) is 0 Å². The molecule has 3 aromatic rings. The fraction of sp³-hybridized carbons (Fsp3) is 0.263. The Kier molecular flexibility index (Phi) is 4.90. The molecule has 1 atom stereocenters. The third kappa shape index (κ3) is 3.17. The summed E-state index contributed by atoms with van der Waals surface area (Å²) < 4.78 is 10.8. The minimum absolute atomic E-state index is 0.0615. The molecule has 0 saturated carbocycles. The molecule has 0 fully saturated rings. The Morgan fingerprint density at radius 1 is 1.25 bits per heavy atom. The largest absolute Gasteiger partial charge is 0.460 e. The van der Waals surface area contributed by atoms with Crippen LogP contribution in [0.3, 0.4) is 0 Å². The van der Waals surface area contributed by atoms with Crippen LogP contribution in [0.5, 0.6) is 0 Å². The molecule has 5 heteroatoms. The van der Waals surface area contributed by atoms with Crippen LogP contribution >= 0.6 is 11.8 Å². The second-order valence-electron chi connectivity index (χ2n) is 5.49. The van der Waals surface area contributed by atoms with E-state index < -0.39 is 5.63 Å². The SMILES string of the molecule is CC[C@@H](SC)C(=O)OCc1cc(=O)oc2ccc3ccccc3c12. The number of carbonyl (C=O) groups excluding carboxylic acids is 1. The molecular formula is C19H18O4S. The summed E-state index contributed by atoms with van der Waals surface area (Å²) in [4.78, 5) is 23.9. The molecule has 0 bridgehead atoms. The third-order valence-corrected chi connectivity index (χ3v) is 5.10. The van der Waals surface area contributed by atoms with Crippen LogP contribution in [0.25, 0.3) is 21.7 Å². The van der Waals surface area contributed by atoms with E-state index in [0.717, 1.165) is 16.2 Å². The number of carbonyl (C=O) groups is 1. The van der Waals surface area contributed by atoms with Gasteiger partial charge in [0.25, 0.3) is 0 Å². The lowest BCUT2D eigenvalue weighted by atomic mass is 10.0. The quantitative estimate of drug-likeness (QED) is 0.396. The van der Waals surface area contributed by atoms with E-state index >= 15 is 0 Å². The Morgan fingerprint density at radius 3 is 2.79 bits per heavy atom. The predicted octanol–water partition coefficient (Wildman–Crippen LogP) is 4.13. The Labute approximate surface area is 143 Å². The van der Waals surface area contributed by atoms with E-state index in [1.165, 1.54) is 17.8 Å². The number of benzene rings is 2. The van der Waals surface area contributed by atoms with Gasteiger partial charge in [0.1, 0.15) is 17.4 Å². The molecule has 3 rings (SSSR count). The van der Waals surface area contributed by atoms with Gasteiger partial charge in [0.15, 0.2) is 0 Å². The zero-order chi connectivity index (χ0) is 17.1. The second-order valence-corrected chi connectivity index (χ2v) is 6.53. The molecule has 1 heterocycles. The summed E-state index contributed by atoms with van der Waals surface area (Å²) in [6.07, 6.45) is 2.59. The van der Waals surface area contributed by atoms with Crippen molar-refractivity contribution in [3.05, 3.63) is 58.4 Å². The van der Waals surface area contributed by atoms with E-state index in [1.54, 1.807) is 6.07 Å². The number of ether oxygens (including phenoxy) is 1. The number of fused-ring (bicyclic) bond motifs is 3. The van der Waals surface area contributed by atoms with Crippen molar-refractivity contribution in [1.29, 1.82) is 0 Å². The van der Waals surface area contributed by atoms with Gasteiger partial charge in [0.2, 0.25) is 0 Å². The number of thioether (sulfide) groups is 1. The van der Waals surface area contributed by atoms with Gasteiger partial charge < -0.3 is 9.15 Å². The maximum Gasteiger partial charge on any atom is 0.336 e. The molecule has 0 aliphatic rings. The predicted molar refractivity (Wildman–Crippen MR) is 97.4 cm³/mol. The average Bonchev–Trinajstić information content (AvgIpc) is 2.60. The standard InChI is InChI=1S/C19H18O4S/c1-3-16(24-2)19(21)22-11-13-10-17(20)23-15-9-8-12-6-4-5-7-14(12)18(13)15/h4-10,16H,3,11H2,1-2H3/t16-/m1/s1. The molecule has 0 saturated heterocycles. The van der Waals surface area contributed by atoms with E-state index in [4.69, 9.17) is 9.15 Å². The molecule has 24 heavy (non-hydrogen) atoms. The molecule has 124 valence electrons. The summed E-state index contributed by atoms with van der Waals surface area (Å²) in [6, 6.07) is 13.0. The Bertz CT molecular complexity index is 941. The molecule has 0 radical (unpaired) electrons. The zero-order valence-electron chi connectivity index (χ0n) is 13.6. The maximum absolute atomic E-state index is 12.1. The Morgan fingerprint density at radius 2 is 2.04 bits per heavy atom. The van der Waals surface area contributed by atoms with Gasteiger partial charge in [0, 0.05) is 17.0 Å². The molecular weight excluding hydrogens is 324 g/mol. The number of esters is 1. The van der Waals surface area contributed by atoms with Crippen molar-refractivity contribution in [3.8, 4) is 0 Å². The summed E-state index contributed by atoms with van der Waals surface area (Å²) in [5, 5.41) is 2.65. The van der Waals surface area contributed by atoms with E-state index in [0.29, 0.717) is 17.6 Å². The highest BCUT2D eigenvalue weighted by Gasteiger charge is 2.18. The fourth-order valence-corrected chi connectivity index (χ4v) is 3.40. The Hall–Kier alpha value is -2.27. The van der Waals surface area contributed by atoms with Crippen molar-refractivity contribution in [2.24, 2.45) is 0 Å². The van der Waals surface area contributed by atoms with Crippen LogP contribution in [0.4, 0.5) is 0 Å². The molecule has 1 aromatic heterocycles. The average molecular weight is 342 g/mol. The summed E-state index contributed by atoms with van der Waals surface area (Å²) in [6.45, 7) is 2.01. The van der Waals surface area contributed by atoms with Gasteiger partial charge in [-0.05, 0) is 29.5 Å². The monoisotopic (exact) mass is 342 g/mol. The highest BCUT2D eigenvalue weighted by atomic mass is 32.2. The van der Waals surface area contributed by atoms with Gasteiger partial charge in [0.05, 0.1) is 0 Å². The van der Waals surface area contributed by atoms with Gasteiger partial charge in [-0.25, -0.2) is 4.79 Å². The summed E-state index contributed by atoms with van der Waals surface area (Å²) >= 11 is 1.47. The van der Waals surface area contributed by atoms with Crippen molar-refractivity contribution in [2.75, 3.05) is 6.26 Å². The molecule has 0 amide bonds. The van der Waals surface area contributed by atoms with Crippen LogP contribution in [0, 0.1) is 0 Å². The van der Waals surface area contributed by atoms with Crippen LogP contribution in [-0.2, 0) is 16.1 Å². The van der Waals surface area contributed by atoms with E-state index in [2.05, 4.69) is 0 Å². The van der Waals surface area contributed by atoms with Crippen LogP contribution in [0.2, 0.25) is 0 Å². The van der Waals surface area contributed by atoms with Crippen LogP contribution in [-0.4, -0.2) is 17.5 Å². The number of rotatable bonds is 5. The summed E-state index contributed by atoms with van der Waals surface area (Å²) in [5.74, 6) is -0.258. The maximum atomic E-state index is 12.1. The van der Waals surface area contributed by atoms with Gasteiger partial charge in [-0.2, -0.15) is 11.8 Å². The van der Waals surface area contributed by atoms with Gasteiger partial charge in [-0.3, -0.25) is 4.79 Å². The minimum atomic E-state index is -0.444. The minimum Gasteiger partial charge on any atom is -0.460 e. The first-order valence-electron chi connectivity index (χ1n) is 7.78. The third-order valence-electron chi connectivity index (χ3n) is 4.00. The topological polar surface area (TPSA) is 56.5 Å². The molecule has 0 aliphatic heterocycles. The Balaban J connectivity index is 2.05. The number of hydrogen-bond donors (Lipinski definition) is 0. The first-order chi connectivity index (χ1) is 11.6. The summed E-state index contributed by atoms with van der Waals surface area (Å²) in [5.41, 5.74) is 0.729. The van der Waals surface area contributed by atoms with Crippen molar-refractivity contribution in [3.63, 3.8) is 0 Å². The van der Waals surface area contributed by atoms with E-state index in [9.17, 15) is 9.59 Å². The highest BCUT2D eigenvalue weighted by molar-refractivity contribution is 7.99. The zero-order valence-corrected chi connectivity index (χ0v) is 14.4. The molecule has 0 aliphatic carbocycles. The van der Waals surface area contributed by atoms with E-state index in [1.807, 2.05) is 43.5 Å². The lowest BCUT2D eigenvalue weighted by Crippen LogP contribution is -2.19. The normalized spacial score (nSPS) is 12.4. The van der Waals surface area contributed by atoms with Crippen molar-refractivity contribution in [2.45, 2.75) is 25.2 Å². The van der Waals surface area contributed by atoms with Gasteiger partial charge in [-0.1, -0.05) is 37.3 Å². The van der Waals surface area contributed by atoms with E-state index in [-0.39, 0.29) is 17.8 Å². The molecule has 4 nitrogen and oxygen atoms in total. The van der Waals surface area contributed by atoms with Crippen molar-refractivity contribution < 1.29 is 13.9 Å². The molecule has 2 aromatic carbocycles. The van der Waals surface area contributed by atoms with Crippen LogP contribution in [0.1, 0.15) is 18.9 Å². The molecule has 0 spiro atoms. The van der Waals surface area contributed by atoms with Crippen molar-refractivity contribution >= 4 is 39.5 Å². The lowest BCUT2D eigenvalue weighted by molar-refractivity contribution is -0.144. The van der Waals surface area contributed by atoms with Gasteiger partial charge in [-0.15, -0.1) is 0 Å².